The molecule has 1 aromatic heterocycles. The number of hydrogen-bond donors (Lipinski definition) is 3. The van der Waals surface area contributed by atoms with Crippen molar-refractivity contribution in [2.45, 2.75) is 39.2 Å². The van der Waals surface area contributed by atoms with Gasteiger partial charge in [0.1, 0.15) is 11.5 Å². The lowest BCUT2D eigenvalue weighted by atomic mass is 9.96. The molecule has 6 heteroatoms. The van der Waals surface area contributed by atoms with Crippen LogP contribution in [0.5, 0.6) is 0 Å². The second kappa shape index (κ2) is 5.06. The molecule has 0 fully saturated rings. The fourth-order valence-electron chi connectivity index (χ4n) is 1.16. The molecule has 1 aromatic rings. The quantitative estimate of drug-likeness (QED) is 0.720. The van der Waals surface area contributed by atoms with Gasteiger partial charge in [-0.05, 0) is 6.92 Å². The number of halogens is 1. The molecule has 0 saturated carbocycles. The number of nitrogens with one attached hydrogen (secondary N) is 1. The van der Waals surface area contributed by atoms with Crippen molar-refractivity contribution in [2.24, 2.45) is 0 Å². The fourth-order valence-corrected chi connectivity index (χ4v) is 1.33. The highest BCUT2D eigenvalue weighted by Gasteiger charge is 2.21. The van der Waals surface area contributed by atoms with Crippen LogP contribution in [0.25, 0.3) is 0 Å². The maximum absolute atomic E-state index is 9.22. The van der Waals surface area contributed by atoms with Crippen LogP contribution in [-0.4, -0.2) is 27.7 Å². The van der Waals surface area contributed by atoms with Crippen LogP contribution < -0.4 is 11.1 Å². The van der Waals surface area contributed by atoms with Gasteiger partial charge in [0.05, 0.1) is 6.10 Å². The van der Waals surface area contributed by atoms with Crippen molar-refractivity contribution >= 4 is 23.1 Å². The molecule has 0 spiro atoms. The van der Waals surface area contributed by atoms with Gasteiger partial charge in [0.25, 0.3) is 0 Å². The van der Waals surface area contributed by atoms with E-state index in [-0.39, 0.29) is 10.6 Å². The number of rotatable bonds is 3. The summed E-state index contributed by atoms with van der Waals surface area (Å²) in [5.74, 6) is 1.08. The van der Waals surface area contributed by atoms with Crippen LogP contribution in [0.1, 0.15) is 33.5 Å². The third kappa shape index (κ3) is 3.71. The molecule has 1 atom stereocenters. The van der Waals surface area contributed by atoms with E-state index in [1.54, 1.807) is 6.92 Å². The first-order chi connectivity index (χ1) is 7.71. The van der Waals surface area contributed by atoms with E-state index in [4.69, 9.17) is 17.3 Å². The van der Waals surface area contributed by atoms with Gasteiger partial charge < -0.3 is 16.2 Å². The summed E-state index contributed by atoms with van der Waals surface area (Å²) in [5, 5.41) is 12.4. The number of aliphatic hydroxyl groups is 1. The Hall–Kier alpha value is -1.07. The smallest absolute Gasteiger partial charge is 0.157 e. The zero-order chi connectivity index (χ0) is 13.2. The molecular formula is C11H19ClN4O. The Morgan fingerprint density at radius 2 is 2.00 bits per heavy atom. The molecule has 0 aliphatic rings. The lowest BCUT2D eigenvalue weighted by molar-refractivity contribution is 0.208. The highest BCUT2D eigenvalue weighted by atomic mass is 35.5. The van der Waals surface area contributed by atoms with Crippen LogP contribution in [0, 0.1) is 0 Å². The second-order valence-electron chi connectivity index (χ2n) is 5.08. The third-order valence-corrected chi connectivity index (χ3v) is 2.42. The molecule has 0 bridgehead atoms. The van der Waals surface area contributed by atoms with Crippen LogP contribution in [-0.2, 0) is 5.41 Å². The second-order valence-corrected chi connectivity index (χ2v) is 5.44. The minimum atomic E-state index is -0.485. The number of aliphatic hydroxyl groups excluding tert-OH is 1. The van der Waals surface area contributed by atoms with Gasteiger partial charge >= 0.3 is 0 Å². The number of anilines is 2. The Morgan fingerprint density at radius 1 is 1.41 bits per heavy atom. The predicted octanol–water partition coefficient (Wildman–Crippen LogP) is 1.80. The molecule has 96 valence electrons. The highest BCUT2D eigenvalue weighted by Crippen LogP contribution is 2.28. The first-order valence-corrected chi connectivity index (χ1v) is 5.85. The molecule has 17 heavy (non-hydrogen) atoms. The number of hydrogen-bond acceptors (Lipinski definition) is 5. The lowest BCUT2D eigenvalue weighted by Crippen LogP contribution is -2.21. The van der Waals surface area contributed by atoms with Crippen LogP contribution in [0.4, 0.5) is 11.5 Å². The van der Waals surface area contributed by atoms with Gasteiger partial charge in [-0.2, -0.15) is 0 Å². The van der Waals surface area contributed by atoms with Gasteiger partial charge in [0.2, 0.25) is 0 Å². The zero-order valence-electron chi connectivity index (χ0n) is 10.6. The molecule has 4 N–H and O–H groups in total. The van der Waals surface area contributed by atoms with Crippen molar-refractivity contribution in [3.63, 3.8) is 0 Å². The van der Waals surface area contributed by atoms with Crippen LogP contribution in [0.15, 0.2) is 0 Å². The summed E-state index contributed by atoms with van der Waals surface area (Å²) in [6.07, 6.45) is -0.485. The largest absolute Gasteiger partial charge is 0.393 e. The van der Waals surface area contributed by atoms with Crippen molar-refractivity contribution in [1.82, 2.24) is 9.97 Å². The standard InChI is InChI=1S/C11H19ClN4O/c1-6(17)5-14-9-7(13)8(12)15-10(16-9)11(2,3)4/h6,17H,5,13H2,1-4H3,(H,14,15,16). The minimum Gasteiger partial charge on any atom is -0.393 e. The number of nitrogen functional groups attached to an aromatic ring is 1. The molecule has 1 heterocycles. The molecule has 0 aliphatic carbocycles. The summed E-state index contributed by atoms with van der Waals surface area (Å²) < 4.78 is 0. The molecular weight excluding hydrogens is 240 g/mol. The molecule has 0 amide bonds. The van der Waals surface area contributed by atoms with Gasteiger partial charge in [0, 0.05) is 12.0 Å². The summed E-state index contributed by atoms with van der Waals surface area (Å²) in [6.45, 7) is 8.02. The van der Waals surface area contributed by atoms with Gasteiger partial charge in [-0.1, -0.05) is 32.4 Å². The van der Waals surface area contributed by atoms with E-state index < -0.39 is 6.10 Å². The van der Waals surface area contributed by atoms with E-state index in [9.17, 15) is 5.11 Å². The maximum atomic E-state index is 9.22. The summed E-state index contributed by atoms with van der Waals surface area (Å²) in [6, 6.07) is 0. The van der Waals surface area contributed by atoms with E-state index in [1.807, 2.05) is 20.8 Å². The third-order valence-electron chi connectivity index (χ3n) is 2.13. The summed E-state index contributed by atoms with van der Waals surface area (Å²) in [5.41, 5.74) is 5.88. The highest BCUT2D eigenvalue weighted by molar-refractivity contribution is 6.32. The monoisotopic (exact) mass is 258 g/mol. The normalized spacial score (nSPS) is 13.5. The van der Waals surface area contributed by atoms with E-state index in [2.05, 4.69) is 15.3 Å². The van der Waals surface area contributed by atoms with Crippen molar-refractivity contribution in [1.29, 1.82) is 0 Å². The maximum Gasteiger partial charge on any atom is 0.157 e. The van der Waals surface area contributed by atoms with Gasteiger partial charge in [-0.3, -0.25) is 0 Å². The molecule has 1 unspecified atom stereocenters. The zero-order valence-corrected chi connectivity index (χ0v) is 11.3. The van der Waals surface area contributed by atoms with Gasteiger partial charge in [0.15, 0.2) is 11.0 Å². The Labute approximate surface area is 106 Å². The van der Waals surface area contributed by atoms with E-state index in [1.165, 1.54) is 0 Å². The first-order valence-electron chi connectivity index (χ1n) is 5.47. The van der Waals surface area contributed by atoms with Gasteiger partial charge in [-0.25, -0.2) is 9.97 Å². The Balaban J connectivity index is 3.07. The van der Waals surface area contributed by atoms with Crippen molar-refractivity contribution in [3.05, 3.63) is 11.0 Å². The molecule has 1 rings (SSSR count). The topological polar surface area (TPSA) is 84.1 Å². The van der Waals surface area contributed by atoms with Crippen LogP contribution in [0.3, 0.4) is 0 Å². The van der Waals surface area contributed by atoms with Crippen molar-refractivity contribution < 1.29 is 5.11 Å². The average Bonchev–Trinajstić information content (AvgIpc) is 2.18. The van der Waals surface area contributed by atoms with E-state index in [0.29, 0.717) is 23.9 Å². The SMILES string of the molecule is CC(O)CNc1nc(C(C)(C)C)nc(Cl)c1N. The summed E-state index contributed by atoms with van der Waals surface area (Å²) in [7, 11) is 0. The lowest BCUT2D eigenvalue weighted by Gasteiger charge is -2.19. The molecule has 0 aromatic carbocycles. The summed E-state index contributed by atoms with van der Waals surface area (Å²) in [4.78, 5) is 8.49. The summed E-state index contributed by atoms with van der Waals surface area (Å²) >= 11 is 5.96. The molecule has 5 nitrogen and oxygen atoms in total. The van der Waals surface area contributed by atoms with Crippen LogP contribution >= 0.6 is 11.6 Å². The number of nitrogens with two attached hydrogens (primary N) is 1. The number of nitrogens with zero attached hydrogens (tertiary/aromatic N) is 2. The molecule has 0 aliphatic heterocycles. The Bertz CT molecular complexity index is 401. The predicted molar refractivity (Wildman–Crippen MR) is 70.3 cm³/mol. The fraction of sp³-hybridized carbons (Fsp3) is 0.636. The van der Waals surface area contributed by atoms with Gasteiger partial charge in [-0.15, -0.1) is 0 Å². The minimum absolute atomic E-state index is 0.210. The average molecular weight is 259 g/mol. The van der Waals surface area contributed by atoms with Crippen molar-refractivity contribution in [2.75, 3.05) is 17.6 Å². The Kier molecular flexibility index (Phi) is 4.16. The Morgan fingerprint density at radius 3 is 2.47 bits per heavy atom. The first kappa shape index (κ1) is 14.0. The van der Waals surface area contributed by atoms with Crippen LogP contribution in [0.2, 0.25) is 5.15 Å². The molecule has 0 saturated heterocycles. The molecule has 0 radical (unpaired) electrons. The number of aromatic nitrogens is 2. The van der Waals surface area contributed by atoms with Crippen molar-refractivity contribution in [3.8, 4) is 0 Å². The van der Waals surface area contributed by atoms with E-state index in [0.717, 1.165) is 0 Å². The van der Waals surface area contributed by atoms with E-state index >= 15 is 0 Å².